The number of hydrogen-bond donors (Lipinski definition) is 1. The lowest BCUT2D eigenvalue weighted by molar-refractivity contribution is -0.116. The highest BCUT2D eigenvalue weighted by atomic mass is 32.1. The lowest BCUT2D eigenvalue weighted by atomic mass is 10.0. The summed E-state index contributed by atoms with van der Waals surface area (Å²) in [5, 5.41) is 15.2. The molecule has 0 saturated carbocycles. The zero-order valence-electron chi connectivity index (χ0n) is 18.8. The molecule has 166 valence electrons. The quantitative estimate of drug-likeness (QED) is 0.419. The zero-order valence-corrected chi connectivity index (χ0v) is 19.6. The van der Waals surface area contributed by atoms with Crippen LogP contribution in [0.1, 0.15) is 17.0 Å². The summed E-state index contributed by atoms with van der Waals surface area (Å²) in [5.74, 6) is -0.203. The number of anilines is 1. The molecule has 8 nitrogen and oxygen atoms in total. The van der Waals surface area contributed by atoms with Crippen molar-refractivity contribution in [3.63, 3.8) is 0 Å². The monoisotopic (exact) mass is 457 g/mol. The van der Waals surface area contributed by atoms with Crippen LogP contribution in [-0.4, -0.2) is 35.4 Å². The van der Waals surface area contributed by atoms with Crippen molar-refractivity contribution in [2.24, 2.45) is 7.05 Å². The molecule has 0 aliphatic heterocycles. The maximum atomic E-state index is 12.8. The van der Waals surface area contributed by atoms with Gasteiger partial charge in [-0.15, -0.1) is 11.3 Å². The van der Waals surface area contributed by atoms with E-state index >= 15 is 0 Å². The molecule has 0 saturated heterocycles. The first kappa shape index (κ1) is 21.0. The Morgan fingerprint density at radius 3 is 2.61 bits per heavy atom. The molecule has 9 heteroatoms. The smallest absolute Gasteiger partial charge is 0.247 e. The van der Waals surface area contributed by atoms with E-state index in [1.165, 1.54) is 16.9 Å². The first-order chi connectivity index (χ1) is 15.9. The number of carbonyl (C=O) groups excluding carboxylic acids is 1. The number of benzene rings is 1. The predicted octanol–water partition coefficient (Wildman–Crippen LogP) is 4.52. The Bertz CT molecular complexity index is 1480. The molecule has 0 aliphatic rings. The van der Waals surface area contributed by atoms with E-state index in [1.807, 2.05) is 32.3 Å². The minimum absolute atomic E-state index is 0.0511. The van der Waals surface area contributed by atoms with Crippen LogP contribution in [0, 0.1) is 20.8 Å². The number of thiazole rings is 1. The zero-order chi connectivity index (χ0) is 23.1. The van der Waals surface area contributed by atoms with Crippen LogP contribution in [0.25, 0.3) is 33.4 Å². The molecule has 5 aromatic rings. The van der Waals surface area contributed by atoms with Gasteiger partial charge in [0.2, 0.25) is 5.91 Å². The summed E-state index contributed by atoms with van der Waals surface area (Å²) in [6.07, 6.45) is 3.54. The Kier molecular flexibility index (Phi) is 5.26. The van der Waals surface area contributed by atoms with E-state index in [0.29, 0.717) is 10.8 Å². The number of amides is 1. The van der Waals surface area contributed by atoms with Gasteiger partial charge in [0.05, 0.1) is 17.6 Å². The second-order valence-electron chi connectivity index (χ2n) is 8.02. The molecule has 0 atom stereocenters. The number of nitrogens with zero attached hydrogens (tertiary/aromatic N) is 6. The van der Waals surface area contributed by atoms with Gasteiger partial charge >= 0.3 is 0 Å². The molecule has 0 aliphatic carbocycles. The van der Waals surface area contributed by atoms with Crippen molar-refractivity contribution >= 4 is 33.4 Å². The van der Waals surface area contributed by atoms with Crippen LogP contribution in [0.3, 0.4) is 0 Å². The molecule has 4 heterocycles. The SMILES string of the molecule is Cc1ccc(-c2ccnc3c2c(C)nn3CC(=O)Nc2nc(-c3cnn(C)c3C)cs2)cc1. The fourth-order valence-corrected chi connectivity index (χ4v) is 4.59. The second-order valence-corrected chi connectivity index (χ2v) is 8.88. The molecular formula is C24H23N7OS. The first-order valence-electron chi connectivity index (χ1n) is 10.5. The minimum Gasteiger partial charge on any atom is -0.300 e. The van der Waals surface area contributed by atoms with Crippen LogP contribution in [-0.2, 0) is 18.4 Å². The van der Waals surface area contributed by atoms with Crippen LogP contribution in [0.15, 0.2) is 48.1 Å². The number of aromatic nitrogens is 6. The molecule has 5 rings (SSSR count). The van der Waals surface area contributed by atoms with Crippen molar-refractivity contribution in [1.82, 2.24) is 29.5 Å². The molecule has 0 unspecified atom stereocenters. The van der Waals surface area contributed by atoms with Crippen LogP contribution in [0.2, 0.25) is 0 Å². The van der Waals surface area contributed by atoms with E-state index in [1.54, 1.807) is 21.8 Å². The standard InChI is InChI=1S/C24H23N7OS/c1-14-5-7-17(8-6-14)18-9-10-25-23-22(18)15(2)29-31(23)12-21(32)28-24-27-20(13-33-24)19-11-26-30(4)16(19)3/h5-11,13H,12H2,1-4H3,(H,27,28,32). The summed E-state index contributed by atoms with van der Waals surface area (Å²) in [6.45, 7) is 6.05. The molecule has 0 fully saturated rings. The molecule has 1 aromatic carbocycles. The van der Waals surface area contributed by atoms with E-state index in [9.17, 15) is 4.79 Å². The van der Waals surface area contributed by atoms with E-state index in [0.717, 1.165) is 39.2 Å². The van der Waals surface area contributed by atoms with Crippen molar-refractivity contribution in [2.75, 3.05) is 5.32 Å². The lowest BCUT2D eigenvalue weighted by Gasteiger charge is -2.06. The van der Waals surface area contributed by atoms with E-state index in [4.69, 9.17) is 0 Å². The summed E-state index contributed by atoms with van der Waals surface area (Å²) in [4.78, 5) is 21.9. The molecular weight excluding hydrogens is 434 g/mol. The topological polar surface area (TPSA) is 90.5 Å². The van der Waals surface area contributed by atoms with Crippen molar-refractivity contribution in [1.29, 1.82) is 0 Å². The van der Waals surface area contributed by atoms with Crippen LogP contribution >= 0.6 is 11.3 Å². The van der Waals surface area contributed by atoms with Crippen LogP contribution < -0.4 is 5.32 Å². The fraction of sp³-hybridized carbons (Fsp3) is 0.208. The third kappa shape index (κ3) is 3.91. The Morgan fingerprint density at radius 1 is 1.09 bits per heavy atom. The average molecular weight is 458 g/mol. The highest BCUT2D eigenvalue weighted by Gasteiger charge is 2.17. The third-order valence-electron chi connectivity index (χ3n) is 5.73. The predicted molar refractivity (Wildman–Crippen MR) is 130 cm³/mol. The van der Waals surface area contributed by atoms with Gasteiger partial charge in [-0.3, -0.25) is 9.48 Å². The van der Waals surface area contributed by atoms with Gasteiger partial charge in [0.15, 0.2) is 10.8 Å². The van der Waals surface area contributed by atoms with E-state index < -0.39 is 0 Å². The van der Waals surface area contributed by atoms with Gasteiger partial charge in [-0.05, 0) is 38.0 Å². The molecule has 33 heavy (non-hydrogen) atoms. The Balaban J connectivity index is 1.39. The van der Waals surface area contributed by atoms with Gasteiger partial charge < -0.3 is 5.32 Å². The van der Waals surface area contributed by atoms with Gasteiger partial charge in [-0.1, -0.05) is 29.8 Å². The van der Waals surface area contributed by atoms with Gasteiger partial charge in [-0.25, -0.2) is 14.6 Å². The Hall–Kier alpha value is -3.85. The Labute approximate surface area is 194 Å². The highest BCUT2D eigenvalue weighted by Crippen LogP contribution is 2.30. The number of aryl methyl sites for hydroxylation is 3. The third-order valence-corrected chi connectivity index (χ3v) is 6.48. The van der Waals surface area contributed by atoms with Crippen molar-refractivity contribution < 1.29 is 4.79 Å². The molecule has 0 bridgehead atoms. The van der Waals surface area contributed by atoms with Crippen molar-refractivity contribution in [3.05, 3.63) is 65.1 Å². The second kappa shape index (κ2) is 8.25. The number of carbonyl (C=O) groups is 1. The van der Waals surface area contributed by atoms with Gasteiger partial charge in [-0.2, -0.15) is 10.2 Å². The summed E-state index contributed by atoms with van der Waals surface area (Å²) in [6, 6.07) is 10.4. The van der Waals surface area contributed by atoms with Crippen molar-refractivity contribution in [3.8, 4) is 22.4 Å². The number of nitrogens with one attached hydrogen (secondary N) is 1. The molecule has 1 N–H and O–H groups in total. The number of rotatable bonds is 5. The average Bonchev–Trinajstić information content (AvgIpc) is 3.47. The van der Waals surface area contributed by atoms with Gasteiger partial charge in [0.25, 0.3) is 0 Å². The minimum atomic E-state index is -0.203. The largest absolute Gasteiger partial charge is 0.300 e. The fourth-order valence-electron chi connectivity index (χ4n) is 3.87. The number of hydrogen-bond acceptors (Lipinski definition) is 6. The number of fused-ring (bicyclic) bond motifs is 1. The van der Waals surface area contributed by atoms with Gasteiger partial charge in [0.1, 0.15) is 6.54 Å². The molecule has 1 amide bonds. The van der Waals surface area contributed by atoms with Gasteiger partial charge in [0, 0.05) is 35.3 Å². The Morgan fingerprint density at radius 2 is 1.88 bits per heavy atom. The molecule has 0 radical (unpaired) electrons. The summed E-state index contributed by atoms with van der Waals surface area (Å²) in [5.41, 5.74) is 7.66. The summed E-state index contributed by atoms with van der Waals surface area (Å²) < 4.78 is 3.45. The first-order valence-corrected chi connectivity index (χ1v) is 11.4. The van der Waals surface area contributed by atoms with E-state index in [2.05, 4.69) is 56.7 Å². The lowest BCUT2D eigenvalue weighted by Crippen LogP contribution is -2.19. The van der Waals surface area contributed by atoms with Crippen LogP contribution in [0.4, 0.5) is 5.13 Å². The number of pyridine rings is 1. The maximum absolute atomic E-state index is 12.8. The molecule has 4 aromatic heterocycles. The van der Waals surface area contributed by atoms with Crippen LogP contribution in [0.5, 0.6) is 0 Å². The van der Waals surface area contributed by atoms with Crippen molar-refractivity contribution in [2.45, 2.75) is 27.3 Å². The normalized spacial score (nSPS) is 11.3. The maximum Gasteiger partial charge on any atom is 0.247 e. The summed E-state index contributed by atoms with van der Waals surface area (Å²) >= 11 is 1.39. The highest BCUT2D eigenvalue weighted by molar-refractivity contribution is 7.14. The van der Waals surface area contributed by atoms with E-state index in [-0.39, 0.29) is 12.5 Å². The summed E-state index contributed by atoms with van der Waals surface area (Å²) in [7, 11) is 1.89. The molecule has 0 spiro atoms.